The highest BCUT2D eigenvalue weighted by Crippen LogP contribution is 2.16. The first kappa shape index (κ1) is 19.0. The molecule has 1 rings (SSSR count). The highest BCUT2D eigenvalue weighted by molar-refractivity contribution is 6.04. The number of benzene rings is 1. The van der Waals surface area contributed by atoms with Crippen molar-refractivity contribution in [1.29, 1.82) is 0 Å². The molecule has 0 heterocycles. The third-order valence-corrected chi connectivity index (χ3v) is 3.98. The minimum atomic E-state index is -1.08. The van der Waals surface area contributed by atoms with Gasteiger partial charge in [0.1, 0.15) is 11.2 Å². The van der Waals surface area contributed by atoms with Gasteiger partial charge in [0.2, 0.25) is 11.8 Å². The fourth-order valence-corrected chi connectivity index (χ4v) is 1.94. The smallest absolute Gasteiger partial charge is 0.235 e. The molecule has 1 aromatic carbocycles. The van der Waals surface area contributed by atoms with Crippen LogP contribution < -0.4 is 15.4 Å². The van der Waals surface area contributed by atoms with Crippen LogP contribution in [0.25, 0.3) is 0 Å². The summed E-state index contributed by atoms with van der Waals surface area (Å²) in [5, 5.41) is 5.70. The molecule has 0 fully saturated rings. The molecule has 2 N–H and O–H groups in total. The molecular weight excluding hydrogens is 292 g/mol. The Morgan fingerprint density at radius 2 is 1.78 bits per heavy atom. The average molecular weight is 320 g/mol. The van der Waals surface area contributed by atoms with Crippen molar-refractivity contribution in [3.63, 3.8) is 0 Å². The Labute approximate surface area is 138 Å². The van der Waals surface area contributed by atoms with Crippen LogP contribution in [0.3, 0.4) is 0 Å². The number of methoxy groups -OCH3 is 1. The number of ether oxygens (including phenoxy) is 1. The molecule has 128 valence electrons. The first-order valence-corrected chi connectivity index (χ1v) is 8.03. The van der Waals surface area contributed by atoms with Crippen molar-refractivity contribution in [2.24, 2.45) is 5.41 Å². The monoisotopic (exact) mass is 320 g/mol. The largest absolute Gasteiger partial charge is 0.497 e. The van der Waals surface area contributed by atoms with Gasteiger partial charge in [0.15, 0.2) is 0 Å². The zero-order valence-electron chi connectivity index (χ0n) is 14.7. The molecule has 1 aromatic rings. The lowest BCUT2D eigenvalue weighted by molar-refractivity contribution is -0.141. The van der Waals surface area contributed by atoms with Gasteiger partial charge in [-0.2, -0.15) is 0 Å². The molecule has 0 saturated heterocycles. The Morgan fingerprint density at radius 3 is 2.30 bits per heavy atom. The van der Waals surface area contributed by atoms with E-state index in [9.17, 15) is 9.59 Å². The molecule has 0 saturated carbocycles. The van der Waals surface area contributed by atoms with Gasteiger partial charge in [0, 0.05) is 12.6 Å². The first-order chi connectivity index (χ1) is 10.8. The second-order valence-electron chi connectivity index (χ2n) is 6.26. The van der Waals surface area contributed by atoms with Gasteiger partial charge < -0.3 is 15.4 Å². The number of carbonyl (C=O) groups excluding carboxylic acids is 2. The second kappa shape index (κ2) is 8.56. The molecule has 5 nitrogen and oxygen atoms in total. The lowest BCUT2D eigenvalue weighted by Gasteiger charge is -2.24. The Morgan fingerprint density at radius 1 is 1.17 bits per heavy atom. The molecular formula is C18H28N2O3. The van der Waals surface area contributed by atoms with Crippen molar-refractivity contribution in [1.82, 2.24) is 10.6 Å². The molecule has 0 aliphatic carbocycles. The first-order valence-electron chi connectivity index (χ1n) is 8.03. The Hall–Kier alpha value is -2.04. The zero-order valence-corrected chi connectivity index (χ0v) is 14.7. The predicted octanol–water partition coefficient (Wildman–Crippen LogP) is 2.29. The van der Waals surface area contributed by atoms with Crippen LogP contribution >= 0.6 is 0 Å². The van der Waals surface area contributed by atoms with Gasteiger partial charge in [0.25, 0.3) is 0 Å². The number of amides is 2. The van der Waals surface area contributed by atoms with Crippen LogP contribution in [-0.4, -0.2) is 31.5 Å². The Balaban J connectivity index is 2.49. The lowest BCUT2D eigenvalue weighted by Crippen LogP contribution is -2.50. The summed E-state index contributed by atoms with van der Waals surface area (Å²) in [6, 6.07) is 7.77. The predicted molar refractivity (Wildman–Crippen MR) is 91.4 cm³/mol. The van der Waals surface area contributed by atoms with E-state index < -0.39 is 5.41 Å². The van der Waals surface area contributed by atoms with E-state index in [0.717, 1.165) is 17.7 Å². The molecule has 2 amide bonds. The highest BCUT2D eigenvalue weighted by Gasteiger charge is 2.36. The lowest BCUT2D eigenvalue weighted by atomic mass is 9.90. The normalized spacial score (nSPS) is 12.4. The van der Waals surface area contributed by atoms with Crippen molar-refractivity contribution in [3.8, 4) is 5.75 Å². The number of carbonyl (C=O) groups is 2. The van der Waals surface area contributed by atoms with E-state index in [1.807, 2.05) is 38.1 Å². The van der Waals surface area contributed by atoms with E-state index in [4.69, 9.17) is 4.74 Å². The molecule has 0 radical (unpaired) electrons. The molecule has 0 aliphatic rings. The highest BCUT2D eigenvalue weighted by atomic mass is 16.5. The van der Waals surface area contributed by atoms with Gasteiger partial charge in [0.05, 0.1) is 7.11 Å². The quantitative estimate of drug-likeness (QED) is 0.722. The van der Waals surface area contributed by atoms with Crippen LogP contribution in [-0.2, 0) is 16.0 Å². The zero-order chi connectivity index (χ0) is 17.5. The van der Waals surface area contributed by atoms with Crippen LogP contribution in [0.15, 0.2) is 24.3 Å². The van der Waals surface area contributed by atoms with Gasteiger partial charge in [-0.3, -0.25) is 9.59 Å². The van der Waals surface area contributed by atoms with Crippen molar-refractivity contribution < 1.29 is 14.3 Å². The van der Waals surface area contributed by atoms with Gasteiger partial charge in [-0.1, -0.05) is 19.1 Å². The summed E-state index contributed by atoms with van der Waals surface area (Å²) in [7, 11) is 1.63. The molecule has 5 heteroatoms. The minimum absolute atomic E-state index is 0.0638. The van der Waals surface area contributed by atoms with Crippen molar-refractivity contribution in [3.05, 3.63) is 29.8 Å². The van der Waals surface area contributed by atoms with Gasteiger partial charge >= 0.3 is 0 Å². The van der Waals surface area contributed by atoms with Crippen LogP contribution in [0.2, 0.25) is 0 Å². The average Bonchev–Trinajstić information content (AvgIpc) is 2.54. The van der Waals surface area contributed by atoms with Crippen LogP contribution in [0.4, 0.5) is 0 Å². The Kier molecular flexibility index (Phi) is 7.07. The topological polar surface area (TPSA) is 67.4 Å². The SMILES string of the molecule is CCC(C)NC(=O)C(C)(C)C(=O)NCCc1ccc(OC)cc1. The second-order valence-corrected chi connectivity index (χ2v) is 6.26. The minimum Gasteiger partial charge on any atom is -0.497 e. The van der Waals surface area contributed by atoms with Crippen LogP contribution in [0.5, 0.6) is 5.75 Å². The third-order valence-electron chi connectivity index (χ3n) is 3.98. The fourth-order valence-electron chi connectivity index (χ4n) is 1.94. The van der Waals surface area contributed by atoms with E-state index in [1.54, 1.807) is 21.0 Å². The molecule has 0 bridgehead atoms. The van der Waals surface area contributed by atoms with Crippen LogP contribution in [0, 0.1) is 5.41 Å². The summed E-state index contributed by atoms with van der Waals surface area (Å²) in [4.78, 5) is 24.5. The Bertz CT molecular complexity index is 524. The molecule has 0 aliphatic heterocycles. The van der Waals surface area contributed by atoms with E-state index >= 15 is 0 Å². The summed E-state index contributed by atoms with van der Waals surface area (Å²) < 4.78 is 5.11. The van der Waals surface area contributed by atoms with Crippen LogP contribution in [0.1, 0.15) is 39.7 Å². The van der Waals surface area contributed by atoms with Crippen molar-refractivity contribution in [2.45, 2.75) is 46.6 Å². The summed E-state index contributed by atoms with van der Waals surface area (Å²) in [5.74, 6) is 0.307. The third kappa shape index (κ3) is 5.58. The summed E-state index contributed by atoms with van der Waals surface area (Å²) in [5.41, 5.74) is 0.0246. The molecule has 0 spiro atoms. The van der Waals surface area contributed by atoms with E-state index in [2.05, 4.69) is 10.6 Å². The number of rotatable bonds is 8. The standard InChI is InChI=1S/C18H28N2O3/c1-6-13(2)20-17(22)18(3,4)16(21)19-12-11-14-7-9-15(23-5)10-8-14/h7-10,13H,6,11-12H2,1-5H3,(H,19,21)(H,20,22). The summed E-state index contributed by atoms with van der Waals surface area (Å²) >= 11 is 0. The van der Waals surface area contributed by atoms with Crippen molar-refractivity contribution in [2.75, 3.05) is 13.7 Å². The number of hydrogen-bond donors (Lipinski definition) is 2. The molecule has 0 aromatic heterocycles. The van der Waals surface area contributed by atoms with Gasteiger partial charge in [-0.25, -0.2) is 0 Å². The van der Waals surface area contributed by atoms with Gasteiger partial charge in [-0.05, 0) is 51.3 Å². The summed E-state index contributed by atoms with van der Waals surface area (Å²) in [6.45, 7) is 7.70. The van der Waals surface area contributed by atoms with Gasteiger partial charge in [-0.15, -0.1) is 0 Å². The maximum absolute atomic E-state index is 12.3. The maximum atomic E-state index is 12.3. The molecule has 1 unspecified atom stereocenters. The van der Waals surface area contributed by atoms with E-state index in [-0.39, 0.29) is 17.9 Å². The molecule has 1 atom stereocenters. The number of nitrogens with one attached hydrogen (secondary N) is 2. The molecule has 23 heavy (non-hydrogen) atoms. The van der Waals surface area contributed by atoms with Crippen molar-refractivity contribution >= 4 is 11.8 Å². The number of hydrogen-bond acceptors (Lipinski definition) is 3. The maximum Gasteiger partial charge on any atom is 0.235 e. The van der Waals surface area contributed by atoms with E-state index in [1.165, 1.54) is 0 Å². The summed E-state index contributed by atoms with van der Waals surface area (Å²) in [6.07, 6.45) is 1.54. The fraction of sp³-hybridized carbons (Fsp3) is 0.556. The van der Waals surface area contributed by atoms with E-state index in [0.29, 0.717) is 13.0 Å².